The average molecular weight is 408 g/mol. The fraction of sp³-hybridized carbons (Fsp3) is 0.400. The maximum absolute atomic E-state index is 12.4. The Bertz CT molecular complexity index is 912. The topological polar surface area (TPSA) is 70.3 Å². The maximum Gasteiger partial charge on any atom is 0.390 e. The number of rotatable bonds is 7. The van der Waals surface area contributed by atoms with Crippen molar-refractivity contribution in [3.63, 3.8) is 0 Å². The predicted molar refractivity (Wildman–Crippen MR) is 103 cm³/mol. The van der Waals surface area contributed by atoms with Crippen LogP contribution in [0.4, 0.5) is 19.0 Å². The summed E-state index contributed by atoms with van der Waals surface area (Å²) in [4.78, 5) is 13.7. The molecule has 1 N–H and O–H groups in total. The zero-order valence-corrected chi connectivity index (χ0v) is 16.7. The van der Waals surface area contributed by atoms with Gasteiger partial charge in [0.1, 0.15) is 17.6 Å². The molecule has 0 saturated heterocycles. The number of amides is 1. The molecule has 0 saturated carbocycles. The van der Waals surface area contributed by atoms with Crippen LogP contribution in [0.3, 0.4) is 0 Å². The summed E-state index contributed by atoms with van der Waals surface area (Å²) in [5.74, 6) is 0.452. The van der Waals surface area contributed by atoms with E-state index in [0.29, 0.717) is 28.4 Å². The zero-order valence-electron chi connectivity index (χ0n) is 16.7. The number of aromatic nitrogens is 1. The Morgan fingerprint density at radius 3 is 2.41 bits per heavy atom. The number of anilines is 1. The van der Waals surface area contributed by atoms with E-state index < -0.39 is 18.5 Å². The highest BCUT2D eigenvalue weighted by Gasteiger charge is 2.27. The van der Waals surface area contributed by atoms with Crippen molar-refractivity contribution in [3.8, 4) is 17.5 Å². The highest BCUT2D eigenvalue weighted by atomic mass is 19.4. The van der Waals surface area contributed by atoms with Crippen molar-refractivity contribution in [1.29, 1.82) is 5.26 Å². The summed E-state index contributed by atoms with van der Waals surface area (Å²) in [5.41, 5.74) is 2.51. The lowest BCUT2D eigenvalue weighted by Gasteiger charge is -2.18. The molecule has 0 bridgehead atoms. The van der Waals surface area contributed by atoms with Crippen molar-refractivity contribution in [2.45, 2.75) is 26.4 Å². The Morgan fingerprint density at radius 2 is 1.90 bits per heavy atom. The van der Waals surface area contributed by atoms with E-state index in [4.69, 9.17) is 4.74 Å². The van der Waals surface area contributed by atoms with Gasteiger partial charge in [-0.3, -0.25) is 14.3 Å². The van der Waals surface area contributed by atoms with Gasteiger partial charge in [-0.15, -0.1) is 0 Å². The first-order chi connectivity index (χ1) is 13.6. The van der Waals surface area contributed by atoms with Crippen LogP contribution in [0.25, 0.3) is 5.69 Å². The Hall–Kier alpha value is -2.99. The van der Waals surface area contributed by atoms with Crippen LogP contribution in [0, 0.1) is 25.2 Å². The second kappa shape index (κ2) is 9.01. The molecule has 1 heterocycles. The van der Waals surface area contributed by atoms with E-state index >= 15 is 0 Å². The van der Waals surface area contributed by atoms with Gasteiger partial charge >= 0.3 is 6.18 Å². The molecule has 1 amide bonds. The molecule has 0 aliphatic rings. The fourth-order valence-electron chi connectivity index (χ4n) is 2.93. The predicted octanol–water partition coefficient (Wildman–Crippen LogP) is 3.80. The molecule has 1 aromatic carbocycles. The van der Waals surface area contributed by atoms with Gasteiger partial charge in [0.05, 0.1) is 25.6 Å². The summed E-state index contributed by atoms with van der Waals surface area (Å²) < 4.78 is 44.0. The number of hydrogen-bond acceptors (Lipinski definition) is 4. The third-order valence-electron chi connectivity index (χ3n) is 4.60. The summed E-state index contributed by atoms with van der Waals surface area (Å²) in [5, 5.41) is 12.3. The number of benzene rings is 1. The number of nitrogens with one attached hydrogen (secondary N) is 1. The maximum atomic E-state index is 12.4. The number of carbonyl (C=O) groups is 1. The van der Waals surface area contributed by atoms with Crippen molar-refractivity contribution in [2.75, 3.05) is 32.6 Å². The van der Waals surface area contributed by atoms with Crippen molar-refractivity contribution in [2.24, 2.45) is 0 Å². The lowest BCUT2D eigenvalue weighted by molar-refractivity contribution is -0.138. The number of carbonyl (C=O) groups excluding carboxylic acids is 1. The molecule has 0 spiro atoms. The number of halogens is 3. The van der Waals surface area contributed by atoms with Gasteiger partial charge in [-0.2, -0.15) is 18.4 Å². The number of ether oxygens (including phenoxy) is 1. The van der Waals surface area contributed by atoms with Crippen LogP contribution in [0.5, 0.6) is 5.75 Å². The van der Waals surface area contributed by atoms with Crippen LogP contribution >= 0.6 is 0 Å². The van der Waals surface area contributed by atoms with Crippen molar-refractivity contribution < 1.29 is 22.7 Å². The Kier molecular flexibility index (Phi) is 6.93. The number of nitriles is 1. The first kappa shape index (κ1) is 22.3. The van der Waals surface area contributed by atoms with Gasteiger partial charge in [0.2, 0.25) is 5.91 Å². The summed E-state index contributed by atoms with van der Waals surface area (Å²) in [6.45, 7) is 3.08. The molecular formula is C20H23F3N4O2. The smallest absolute Gasteiger partial charge is 0.390 e. The monoisotopic (exact) mass is 408 g/mol. The van der Waals surface area contributed by atoms with Crippen LogP contribution in [-0.4, -0.2) is 48.8 Å². The minimum absolute atomic E-state index is 0.229. The molecule has 2 rings (SSSR count). The Morgan fingerprint density at radius 1 is 1.28 bits per heavy atom. The first-order valence-electron chi connectivity index (χ1n) is 8.89. The molecule has 0 aliphatic heterocycles. The summed E-state index contributed by atoms with van der Waals surface area (Å²) in [7, 11) is 2.99. The van der Waals surface area contributed by atoms with Gasteiger partial charge in [0, 0.05) is 17.9 Å². The quantitative estimate of drug-likeness (QED) is 0.757. The highest BCUT2D eigenvalue weighted by Crippen LogP contribution is 2.30. The molecule has 0 unspecified atom stereocenters. The summed E-state index contributed by atoms with van der Waals surface area (Å²) in [6.07, 6.45) is -5.28. The van der Waals surface area contributed by atoms with Crippen molar-refractivity contribution in [1.82, 2.24) is 9.47 Å². The lowest BCUT2D eigenvalue weighted by atomic mass is 10.2. The van der Waals surface area contributed by atoms with E-state index in [9.17, 15) is 23.2 Å². The standard InChI is InChI=1S/C20H23F3N4O2/c1-13-14(2)27(15-5-7-16(29-4)8-6-15)19(17(13)11-24)25-18(28)12-26(3)10-9-20(21,22)23/h5-8H,9-10,12H2,1-4H3,(H,25,28). The molecule has 0 aliphatic carbocycles. The molecule has 0 atom stereocenters. The third kappa shape index (κ3) is 5.51. The second-order valence-corrected chi connectivity index (χ2v) is 6.73. The Balaban J connectivity index is 2.28. The minimum Gasteiger partial charge on any atom is -0.497 e. The number of alkyl halides is 3. The first-order valence-corrected chi connectivity index (χ1v) is 8.89. The molecule has 156 valence electrons. The van der Waals surface area contributed by atoms with Crippen LogP contribution in [0.15, 0.2) is 24.3 Å². The van der Waals surface area contributed by atoms with E-state index in [-0.39, 0.29) is 13.1 Å². The fourth-order valence-corrected chi connectivity index (χ4v) is 2.93. The molecule has 0 radical (unpaired) electrons. The van der Waals surface area contributed by atoms with Crippen LogP contribution in [0.2, 0.25) is 0 Å². The molecule has 0 fully saturated rings. The molecule has 9 heteroatoms. The van der Waals surface area contributed by atoms with Crippen molar-refractivity contribution >= 4 is 11.7 Å². The van der Waals surface area contributed by atoms with Gasteiger partial charge in [0.25, 0.3) is 0 Å². The minimum atomic E-state index is -4.28. The Labute approximate surface area is 167 Å². The molecule has 29 heavy (non-hydrogen) atoms. The number of methoxy groups -OCH3 is 1. The summed E-state index contributed by atoms with van der Waals surface area (Å²) >= 11 is 0. The van der Waals surface area contributed by atoms with Gasteiger partial charge in [0.15, 0.2) is 0 Å². The summed E-state index contributed by atoms with van der Waals surface area (Å²) in [6, 6.07) is 9.19. The van der Waals surface area contributed by atoms with E-state index in [1.165, 1.54) is 11.9 Å². The van der Waals surface area contributed by atoms with Crippen molar-refractivity contribution in [3.05, 3.63) is 41.1 Å². The molecule has 1 aromatic heterocycles. The van der Waals surface area contributed by atoms with Gasteiger partial charge in [-0.1, -0.05) is 0 Å². The van der Waals surface area contributed by atoms with Crippen LogP contribution in [0.1, 0.15) is 23.2 Å². The van der Waals surface area contributed by atoms with Gasteiger partial charge < -0.3 is 10.1 Å². The highest BCUT2D eigenvalue weighted by molar-refractivity contribution is 5.93. The van der Waals surface area contributed by atoms with Gasteiger partial charge in [-0.25, -0.2) is 0 Å². The molecule has 2 aromatic rings. The molecule has 6 nitrogen and oxygen atoms in total. The molecular weight excluding hydrogens is 385 g/mol. The third-order valence-corrected chi connectivity index (χ3v) is 4.60. The number of hydrogen-bond donors (Lipinski definition) is 1. The van der Waals surface area contributed by atoms with E-state index in [2.05, 4.69) is 11.4 Å². The zero-order chi connectivity index (χ0) is 21.8. The number of likely N-dealkylation sites (N-methyl/N-ethyl adjacent to an activating group) is 1. The average Bonchev–Trinajstić information content (AvgIpc) is 2.89. The van der Waals surface area contributed by atoms with E-state index in [1.54, 1.807) is 42.9 Å². The van der Waals surface area contributed by atoms with E-state index in [0.717, 1.165) is 5.69 Å². The van der Waals surface area contributed by atoms with Crippen LogP contribution in [-0.2, 0) is 4.79 Å². The van der Waals surface area contributed by atoms with Gasteiger partial charge in [-0.05, 0) is 50.7 Å². The normalized spacial score (nSPS) is 11.4. The van der Waals surface area contributed by atoms with E-state index in [1.807, 2.05) is 6.92 Å². The largest absolute Gasteiger partial charge is 0.497 e. The lowest BCUT2D eigenvalue weighted by Crippen LogP contribution is -2.33. The SMILES string of the molecule is COc1ccc(-n2c(C)c(C)c(C#N)c2NC(=O)CN(C)CCC(F)(F)F)cc1. The van der Waals surface area contributed by atoms with Crippen LogP contribution < -0.4 is 10.1 Å². The number of nitrogens with zero attached hydrogens (tertiary/aromatic N) is 3. The second-order valence-electron chi connectivity index (χ2n) is 6.73.